The highest BCUT2D eigenvalue weighted by atomic mass is 127. The van der Waals surface area contributed by atoms with Crippen molar-refractivity contribution in [1.29, 1.82) is 0 Å². The van der Waals surface area contributed by atoms with E-state index in [2.05, 4.69) is 0 Å². The molecule has 0 aromatic carbocycles. The maximum Gasteiger partial charge on any atom is 0.416 e. The lowest BCUT2D eigenvalue weighted by Gasteiger charge is -2.22. The van der Waals surface area contributed by atoms with Gasteiger partial charge in [-0.15, -0.1) is 0 Å². The van der Waals surface area contributed by atoms with Crippen LogP contribution in [0.15, 0.2) is 21.3 Å². The van der Waals surface area contributed by atoms with E-state index in [4.69, 9.17) is 0 Å². The molecule has 0 nitrogen and oxygen atoms in total. The smallest absolute Gasteiger partial charge is 0.170 e. The number of hydrogen-bond acceptors (Lipinski definition) is 0. The Morgan fingerprint density at radius 3 is 2.07 bits per heavy atom. The standard InChI is InChI=1S/C8H5F6I/c9-7(10,11)4-1-5(8(12,13)14)3-6(15)2-4/h1-2,5H,3H2. The van der Waals surface area contributed by atoms with Crippen LogP contribution in [0.25, 0.3) is 0 Å². The molecule has 86 valence electrons. The summed E-state index contributed by atoms with van der Waals surface area (Å²) in [4.78, 5) is 0. The maximum absolute atomic E-state index is 12.2. The number of alkyl halides is 6. The molecule has 0 aliphatic heterocycles. The van der Waals surface area contributed by atoms with Gasteiger partial charge < -0.3 is 0 Å². The van der Waals surface area contributed by atoms with Crippen LogP contribution >= 0.6 is 22.6 Å². The number of rotatable bonds is 0. The van der Waals surface area contributed by atoms with Crippen LogP contribution in [0, 0.1) is 5.92 Å². The molecule has 7 heteroatoms. The fourth-order valence-corrected chi connectivity index (χ4v) is 1.96. The van der Waals surface area contributed by atoms with Crippen LogP contribution in [0.3, 0.4) is 0 Å². The highest BCUT2D eigenvalue weighted by Crippen LogP contribution is 2.41. The molecule has 1 rings (SSSR count). The summed E-state index contributed by atoms with van der Waals surface area (Å²) in [6, 6.07) is 0. The predicted octanol–water partition coefficient (Wildman–Crippen LogP) is 4.38. The summed E-state index contributed by atoms with van der Waals surface area (Å²) in [5, 5.41) is 0. The first-order chi connectivity index (χ1) is 6.60. The predicted molar refractivity (Wildman–Crippen MR) is 50.4 cm³/mol. The van der Waals surface area contributed by atoms with E-state index >= 15 is 0 Å². The summed E-state index contributed by atoms with van der Waals surface area (Å²) in [6.45, 7) is 0. The molecule has 0 radical (unpaired) electrons. The summed E-state index contributed by atoms with van der Waals surface area (Å²) in [7, 11) is 0. The van der Waals surface area contributed by atoms with Gasteiger partial charge in [0.15, 0.2) is 0 Å². The zero-order valence-electron chi connectivity index (χ0n) is 7.08. The molecular weight excluding hydrogens is 337 g/mol. The number of allylic oxidation sites excluding steroid dienone is 4. The highest BCUT2D eigenvalue weighted by molar-refractivity contribution is 14.1. The van der Waals surface area contributed by atoms with Crippen LogP contribution in [-0.2, 0) is 0 Å². The molecule has 0 saturated heterocycles. The molecule has 0 bridgehead atoms. The lowest BCUT2D eigenvalue weighted by molar-refractivity contribution is -0.161. The van der Waals surface area contributed by atoms with Crippen molar-refractivity contribution in [2.24, 2.45) is 5.92 Å². The Morgan fingerprint density at radius 1 is 1.13 bits per heavy atom. The topological polar surface area (TPSA) is 0 Å². The van der Waals surface area contributed by atoms with Crippen molar-refractivity contribution >= 4 is 22.6 Å². The van der Waals surface area contributed by atoms with Gasteiger partial charge in [0.05, 0.1) is 11.5 Å². The van der Waals surface area contributed by atoms with Crippen molar-refractivity contribution in [3.8, 4) is 0 Å². The molecule has 0 spiro atoms. The van der Waals surface area contributed by atoms with Crippen LogP contribution in [0.4, 0.5) is 26.3 Å². The number of hydrogen-bond donors (Lipinski definition) is 0. The molecule has 1 atom stereocenters. The third kappa shape index (κ3) is 3.39. The lowest BCUT2D eigenvalue weighted by Crippen LogP contribution is -2.25. The van der Waals surface area contributed by atoms with Crippen molar-refractivity contribution in [3.05, 3.63) is 21.3 Å². The number of halogens is 7. The van der Waals surface area contributed by atoms with Gasteiger partial charge >= 0.3 is 12.4 Å². The van der Waals surface area contributed by atoms with E-state index in [0.717, 1.165) is 6.08 Å². The summed E-state index contributed by atoms with van der Waals surface area (Å²) >= 11 is 1.49. The van der Waals surface area contributed by atoms with Gasteiger partial charge in [0.25, 0.3) is 0 Å². The normalized spacial score (nSPS) is 23.5. The molecular formula is C8H5F6I. The first-order valence-corrected chi connectivity index (χ1v) is 4.90. The molecule has 0 heterocycles. The second-order valence-corrected chi connectivity index (χ2v) is 4.45. The van der Waals surface area contributed by atoms with E-state index in [-0.39, 0.29) is 9.66 Å². The molecule has 0 aromatic heterocycles. The fourth-order valence-electron chi connectivity index (χ4n) is 1.15. The quantitative estimate of drug-likeness (QED) is 0.453. The van der Waals surface area contributed by atoms with E-state index in [1.165, 1.54) is 22.6 Å². The van der Waals surface area contributed by atoms with Crippen molar-refractivity contribution < 1.29 is 26.3 Å². The Balaban J connectivity index is 3.02. The van der Waals surface area contributed by atoms with Crippen LogP contribution < -0.4 is 0 Å². The molecule has 1 aliphatic rings. The van der Waals surface area contributed by atoms with Gasteiger partial charge in [-0.3, -0.25) is 0 Å². The maximum atomic E-state index is 12.2. The Morgan fingerprint density at radius 2 is 1.67 bits per heavy atom. The van der Waals surface area contributed by atoms with E-state index in [1.54, 1.807) is 0 Å². The van der Waals surface area contributed by atoms with Crippen LogP contribution in [0.1, 0.15) is 6.42 Å². The molecule has 1 aliphatic carbocycles. The largest absolute Gasteiger partial charge is 0.416 e. The minimum Gasteiger partial charge on any atom is -0.170 e. The van der Waals surface area contributed by atoms with Gasteiger partial charge in [0.1, 0.15) is 0 Å². The molecule has 0 N–H and O–H groups in total. The van der Waals surface area contributed by atoms with Crippen molar-refractivity contribution in [2.45, 2.75) is 18.8 Å². The van der Waals surface area contributed by atoms with Crippen molar-refractivity contribution in [1.82, 2.24) is 0 Å². The minimum atomic E-state index is -4.72. The average molecular weight is 342 g/mol. The Labute approximate surface area is 95.2 Å². The Hall–Kier alpha value is -0.210. The third-order valence-electron chi connectivity index (χ3n) is 1.86. The van der Waals surface area contributed by atoms with Crippen molar-refractivity contribution in [3.63, 3.8) is 0 Å². The second kappa shape index (κ2) is 3.99. The SMILES string of the molecule is FC(F)(F)C1=CC(C(F)(F)F)CC(I)=C1. The Kier molecular flexibility index (Phi) is 3.42. The van der Waals surface area contributed by atoms with Gasteiger partial charge in [-0.05, 0) is 38.7 Å². The van der Waals surface area contributed by atoms with E-state index in [0.29, 0.717) is 0 Å². The van der Waals surface area contributed by atoms with Gasteiger partial charge in [0.2, 0.25) is 0 Å². The van der Waals surface area contributed by atoms with Crippen LogP contribution in [0.5, 0.6) is 0 Å². The van der Waals surface area contributed by atoms with E-state index in [1.807, 2.05) is 0 Å². The van der Waals surface area contributed by atoms with Crippen LogP contribution in [-0.4, -0.2) is 12.4 Å². The lowest BCUT2D eigenvalue weighted by atomic mass is 9.95. The van der Waals surface area contributed by atoms with Gasteiger partial charge in [-0.2, -0.15) is 26.3 Å². The Bertz CT molecular complexity index is 308. The van der Waals surface area contributed by atoms with Crippen molar-refractivity contribution in [2.75, 3.05) is 0 Å². The average Bonchev–Trinajstić information content (AvgIpc) is 1.99. The zero-order chi connectivity index (χ0) is 11.9. The molecule has 0 amide bonds. The van der Waals surface area contributed by atoms with Gasteiger partial charge in [-0.25, -0.2) is 0 Å². The minimum absolute atomic E-state index is 0.0600. The monoisotopic (exact) mass is 342 g/mol. The van der Waals surface area contributed by atoms with Gasteiger partial charge in [-0.1, -0.05) is 6.08 Å². The van der Waals surface area contributed by atoms with E-state index < -0.39 is 30.3 Å². The van der Waals surface area contributed by atoms with Crippen LogP contribution in [0.2, 0.25) is 0 Å². The summed E-state index contributed by atoms with van der Waals surface area (Å²) < 4.78 is 73.3. The van der Waals surface area contributed by atoms with E-state index in [9.17, 15) is 26.3 Å². The van der Waals surface area contributed by atoms with Gasteiger partial charge in [0, 0.05) is 0 Å². The molecule has 15 heavy (non-hydrogen) atoms. The first-order valence-electron chi connectivity index (χ1n) is 3.82. The third-order valence-corrected chi connectivity index (χ3v) is 2.61. The molecule has 0 saturated carbocycles. The molecule has 1 unspecified atom stereocenters. The fraction of sp³-hybridized carbons (Fsp3) is 0.500. The second-order valence-electron chi connectivity index (χ2n) is 3.06. The zero-order valence-corrected chi connectivity index (χ0v) is 9.24. The highest BCUT2D eigenvalue weighted by Gasteiger charge is 2.43. The summed E-state index contributed by atoms with van der Waals surface area (Å²) in [5.74, 6) is -2.04. The molecule has 0 aromatic rings. The first kappa shape index (κ1) is 12.9. The summed E-state index contributed by atoms with van der Waals surface area (Å²) in [6.07, 6.45) is -8.78. The molecule has 0 fully saturated rings. The summed E-state index contributed by atoms with van der Waals surface area (Å²) in [5.41, 5.74) is -1.22.